The summed E-state index contributed by atoms with van der Waals surface area (Å²) in [6, 6.07) is 1.49. The van der Waals surface area contributed by atoms with Crippen LogP contribution in [0.4, 0.5) is 0 Å². The van der Waals surface area contributed by atoms with Crippen LogP contribution in [-0.4, -0.2) is 33.6 Å². The number of hydrogen-bond acceptors (Lipinski definition) is 4. The molecule has 4 N–H and O–H groups in total. The van der Waals surface area contributed by atoms with E-state index in [0.29, 0.717) is 13.1 Å². The molecule has 1 saturated heterocycles. The molecule has 2 heterocycles. The van der Waals surface area contributed by atoms with E-state index in [-0.39, 0.29) is 5.54 Å². The summed E-state index contributed by atoms with van der Waals surface area (Å²) in [6.45, 7) is 7.30. The first kappa shape index (κ1) is 11.6. The van der Waals surface area contributed by atoms with E-state index in [1.807, 2.05) is 10.7 Å². The van der Waals surface area contributed by atoms with Crippen molar-refractivity contribution < 1.29 is 5.11 Å². The minimum absolute atomic E-state index is 0.121. The van der Waals surface area contributed by atoms with E-state index in [2.05, 4.69) is 31.2 Å². The fourth-order valence-corrected chi connectivity index (χ4v) is 1.99. The molecule has 2 rings (SSSR count). The summed E-state index contributed by atoms with van der Waals surface area (Å²) in [5, 5.41) is 17.5. The molecule has 0 spiro atoms. The van der Waals surface area contributed by atoms with Gasteiger partial charge in [0.2, 0.25) is 0 Å². The number of β-amino-alcohol motifs (C(OH)–C–C–N with tert-alkyl or cyclic N) is 1. The van der Waals surface area contributed by atoms with E-state index in [4.69, 9.17) is 5.73 Å². The Morgan fingerprint density at radius 3 is 2.62 bits per heavy atom. The predicted molar refractivity (Wildman–Crippen MR) is 62.0 cm³/mol. The zero-order chi connectivity index (χ0) is 12.0. The number of hydrogen-bond donors (Lipinski definition) is 3. The molecule has 1 aliphatic rings. The zero-order valence-corrected chi connectivity index (χ0v) is 10.1. The Labute approximate surface area is 95.6 Å². The Balaban J connectivity index is 2.30. The van der Waals surface area contributed by atoms with Crippen molar-refractivity contribution in [2.75, 3.05) is 13.1 Å². The van der Waals surface area contributed by atoms with Crippen molar-refractivity contribution in [2.24, 2.45) is 5.73 Å². The maximum absolute atomic E-state index is 10.2. The standard InChI is InChI=1S/C11H20N4O/c1-10(2,3)15-8(4-5-14-15)9(12)11(16)6-13-7-11/h4-5,9,13,16H,6-7,12H2,1-3H3. The molecule has 1 aromatic heterocycles. The van der Waals surface area contributed by atoms with Crippen molar-refractivity contribution in [3.8, 4) is 0 Å². The molecular formula is C11H20N4O. The lowest BCUT2D eigenvalue weighted by Gasteiger charge is -2.42. The van der Waals surface area contributed by atoms with Gasteiger partial charge in [-0.15, -0.1) is 0 Å². The zero-order valence-electron chi connectivity index (χ0n) is 10.1. The van der Waals surface area contributed by atoms with E-state index in [9.17, 15) is 5.11 Å². The highest BCUT2D eigenvalue weighted by atomic mass is 16.3. The van der Waals surface area contributed by atoms with Crippen molar-refractivity contribution in [3.63, 3.8) is 0 Å². The molecule has 0 saturated carbocycles. The lowest BCUT2D eigenvalue weighted by molar-refractivity contribution is -0.0362. The van der Waals surface area contributed by atoms with Crippen LogP contribution in [0.5, 0.6) is 0 Å². The molecule has 0 amide bonds. The molecule has 5 nitrogen and oxygen atoms in total. The van der Waals surface area contributed by atoms with Gasteiger partial charge in [0.1, 0.15) is 5.60 Å². The molecule has 0 aliphatic carbocycles. The average Bonchev–Trinajstić information content (AvgIpc) is 2.60. The largest absolute Gasteiger partial charge is 0.385 e. The van der Waals surface area contributed by atoms with Crippen molar-refractivity contribution in [3.05, 3.63) is 18.0 Å². The molecule has 16 heavy (non-hydrogen) atoms. The third kappa shape index (κ3) is 1.75. The van der Waals surface area contributed by atoms with Gasteiger partial charge in [0, 0.05) is 19.3 Å². The number of aromatic nitrogens is 2. The monoisotopic (exact) mass is 224 g/mol. The molecular weight excluding hydrogens is 204 g/mol. The summed E-state index contributed by atoms with van der Waals surface area (Å²) in [4.78, 5) is 0. The predicted octanol–water partition coefficient (Wildman–Crippen LogP) is -0.0278. The van der Waals surface area contributed by atoms with Crippen molar-refractivity contribution in [2.45, 2.75) is 38.0 Å². The van der Waals surface area contributed by atoms with E-state index < -0.39 is 11.6 Å². The Hall–Kier alpha value is -0.910. The van der Waals surface area contributed by atoms with Crippen molar-refractivity contribution >= 4 is 0 Å². The van der Waals surface area contributed by atoms with Crippen LogP contribution in [0.1, 0.15) is 32.5 Å². The van der Waals surface area contributed by atoms with Gasteiger partial charge in [0.25, 0.3) is 0 Å². The second-order valence-electron chi connectivity index (χ2n) is 5.52. The van der Waals surface area contributed by atoms with Gasteiger partial charge >= 0.3 is 0 Å². The fraction of sp³-hybridized carbons (Fsp3) is 0.727. The van der Waals surface area contributed by atoms with Crippen LogP contribution in [0.2, 0.25) is 0 Å². The van der Waals surface area contributed by atoms with Crippen LogP contribution in [0, 0.1) is 0 Å². The molecule has 90 valence electrons. The van der Waals surface area contributed by atoms with E-state index in [1.165, 1.54) is 0 Å². The van der Waals surface area contributed by atoms with Gasteiger partial charge in [-0.3, -0.25) is 4.68 Å². The van der Waals surface area contributed by atoms with E-state index in [0.717, 1.165) is 5.69 Å². The SMILES string of the molecule is CC(C)(C)n1nccc1C(N)C1(O)CNC1. The second kappa shape index (κ2) is 3.55. The maximum Gasteiger partial charge on any atom is 0.110 e. The number of nitrogens with two attached hydrogens (primary N) is 1. The second-order valence-corrected chi connectivity index (χ2v) is 5.52. The normalized spacial score (nSPS) is 21.6. The minimum Gasteiger partial charge on any atom is -0.385 e. The number of nitrogens with one attached hydrogen (secondary N) is 1. The number of aliphatic hydroxyl groups is 1. The molecule has 1 fully saturated rings. The van der Waals surface area contributed by atoms with Crippen LogP contribution in [0.25, 0.3) is 0 Å². The average molecular weight is 224 g/mol. The Morgan fingerprint density at radius 2 is 2.19 bits per heavy atom. The van der Waals surface area contributed by atoms with Crippen LogP contribution < -0.4 is 11.1 Å². The first-order chi connectivity index (χ1) is 7.34. The summed E-state index contributed by atoms with van der Waals surface area (Å²) in [7, 11) is 0. The van der Waals surface area contributed by atoms with Crippen molar-refractivity contribution in [1.29, 1.82) is 0 Å². The van der Waals surface area contributed by atoms with Gasteiger partial charge in [-0.25, -0.2) is 0 Å². The molecule has 1 atom stereocenters. The Morgan fingerprint density at radius 1 is 1.56 bits per heavy atom. The molecule has 1 aromatic rings. The highest BCUT2D eigenvalue weighted by Gasteiger charge is 2.43. The van der Waals surface area contributed by atoms with Crippen LogP contribution in [-0.2, 0) is 5.54 Å². The first-order valence-corrected chi connectivity index (χ1v) is 5.58. The summed E-state index contributed by atoms with van der Waals surface area (Å²) in [5.41, 5.74) is 6.06. The van der Waals surface area contributed by atoms with Gasteiger partial charge in [0.15, 0.2) is 0 Å². The van der Waals surface area contributed by atoms with Crippen LogP contribution >= 0.6 is 0 Å². The van der Waals surface area contributed by atoms with Crippen molar-refractivity contribution in [1.82, 2.24) is 15.1 Å². The fourth-order valence-electron chi connectivity index (χ4n) is 1.99. The van der Waals surface area contributed by atoms with Gasteiger partial charge in [-0.1, -0.05) is 0 Å². The highest BCUT2D eigenvalue weighted by molar-refractivity contribution is 5.17. The lowest BCUT2D eigenvalue weighted by Crippen LogP contribution is -2.65. The third-order valence-electron chi connectivity index (χ3n) is 3.07. The highest BCUT2D eigenvalue weighted by Crippen LogP contribution is 2.29. The number of rotatable bonds is 2. The van der Waals surface area contributed by atoms with Crippen LogP contribution in [0.15, 0.2) is 12.3 Å². The third-order valence-corrected chi connectivity index (χ3v) is 3.07. The minimum atomic E-state index is -0.830. The van der Waals surface area contributed by atoms with Gasteiger partial charge in [-0.2, -0.15) is 5.10 Å². The Bertz CT molecular complexity index is 376. The molecule has 0 radical (unpaired) electrons. The maximum atomic E-state index is 10.2. The molecule has 1 aliphatic heterocycles. The Kier molecular flexibility index (Phi) is 2.57. The van der Waals surface area contributed by atoms with Gasteiger partial charge in [-0.05, 0) is 26.8 Å². The lowest BCUT2D eigenvalue weighted by atomic mass is 9.86. The molecule has 0 bridgehead atoms. The first-order valence-electron chi connectivity index (χ1n) is 5.58. The quantitative estimate of drug-likeness (QED) is 0.659. The topological polar surface area (TPSA) is 76.1 Å². The van der Waals surface area contributed by atoms with Gasteiger partial charge in [0.05, 0.1) is 17.3 Å². The molecule has 5 heteroatoms. The summed E-state index contributed by atoms with van der Waals surface area (Å²) < 4.78 is 1.88. The molecule has 1 unspecified atom stereocenters. The summed E-state index contributed by atoms with van der Waals surface area (Å²) in [5.74, 6) is 0. The van der Waals surface area contributed by atoms with E-state index >= 15 is 0 Å². The summed E-state index contributed by atoms with van der Waals surface area (Å²) in [6.07, 6.45) is 1.73. The van der Waals surface area contributed by atoms with Gasteiger partial charge < -0.3 is 16.2 Å². The molecule has 0 aromatic carbocycles. The smallest absolute Gasteiger partial charge is 0.110 e. The number of nitrogens with zero attached hydrogens (tertiary/aromatic N) is 2. The van der Waals surface area contributed by atoms with Crippen LogP contribution in [0.3, 0.4) is 0 Å². The van der Waals surface area contributed by atoms with E-state index in [1.54, 1.807) is 6.20 Å². The summed E-state index contributed by atoms with van der Waals surface area (Å²) >= 11 is 0.